The number of hydrogen-bond acceptors (Lipinski definition) is 7. The molecule has 220 valence electrons. The fourth-order valence-corrected chi connectivity index (χ4v) is 7.74. The van der Waals surface area contributed by atoms with E-state index >= 15 is 0 Å². The van der Waals surface area contributed by atoms with Crippen LogP contribution in [0.3, 0.4) is 0 Å². The number of hydrogen-bond donors (Lipinski definition) is 0. The summed E-state index contributed by atoms with van der Waals surface area (Å²) >= 11 is 0. The minimum atomic E-state index is -1.53. The first-order valence-corrected chi connectivity index (χ1v) is 15.0. The summed E-state index contributed by atoms with van der Waals surface area (Å²) in [7, 11) is 0. The third-order valence-electron chi connectivity index (χ3n) is 9.79. The van der Waals surface area contributed by atoms with Gasteiger partial charge in [0.25, 0.3) is 0 Å². The van der Waals surface area contributed by atoms with Gasteiger partial charge in [0.2, 0.25) is 11.9 Å². The van der Waals surface area contributed by atoms with Crippen LogP contribution in [0.2, 0.25) is 0 Å². The number of piperidine rings is 1. The largest absolute Gasteiger partial charge is 0.554 e. The summed E-state index contributed by atoms with van der Waals surface area (Å²) in [6.45, 7) is 3.46. The van der Waals surface area contributed by atoms with E-state index in [1.54, 1.807) is 0 Å². The van der Waals surface area contributed by atoms with Gasteiger partial charge in [0.05, 0.1) is 25.2 Å². The fourth-order valence-electron chi connectivity index (χ4n) is 7.74. The van der Waals surface area contributed by atoms with Crippen LogP contribution in [-0.4, -0.2) is 60.5 Å². The molecular weight excluding hydrogens is 522 g/mol. The molecule has 4 fully saturated rings. The van der Waals surface area contributed by atoms with Crippen molar-refractivity contribution in [1.29, 1.82) is 0 Å². The number of carbonyl (C=O) groups excluding carboxylic acids is 3. The average molecular weight is 564 g/mol. The molecule has 0 radical (unpaired) electrons. The van der Waals surface area contributed by atoms with Crippen molar-refractivity contribution in [2.45, 2.75) is 94.8 Å². The van der Waals surface area contributed by atoms with Gasteiger partial charge in [-0.3, -0.25) is 4.79 Å². The zero-order chi connectivity index (χ0) is 28.9. The van der Waals surface area contributed by atoms with Gasteiger partial charge in [-0.1, -0.05) is 67.1 Å². The number of rotatable bonds is 8. The molecule has 1 spiro atoms. The van der Waals surface area contributed by atoms with Gasteiger partial charge >= 0.3 is 11.9 Å². The minimum Gasteiger partial charge on any atom is -0.554 e. The lowest BCUT2D eigenvalue weighted by molar-refractivity contribution is -0.956. The minimum absolute atomic E-state index is 0.0588. The number of quaternary nitrogens is 1. The number of carboxylic acid groups (broad SMARTS) is 1. The van der Waals surface area contributed by atoms with Crippen LogP contribution in [0.25, 0.3) is 0 Å². The van der Waals surface area contributed by atoms with E-state index in [-0.39, 0.29) is 12.0 Å². The Morgan fingerprint density at radius 2 is 1.39 bits per heavy atom. The van der Waals surface area contributed by atoms with Crippen LogP contribution in [0.15, 0.2) is 60.7 Å². The maximum atomic E-state index is 14.5. The van der Waals surface area contributed by atoms with Gasteiger partial charge < -0.3 is 28.6 Å². The number of esters is 2. The molecule has 0 amide bonds. The van der Waals surface area contributed by atoms with Crippen molar-refractivity contribution in [3.8, 4) is 0 Å². The highest BCUT2D eigenvalue weighted by molar-refractivity contribution is 5.86. The standard InChI is InChI=1S/C32H40NO5.CH2O2/c1-23(34)36-30(24-11-10-12-24)38-32(25-13-4-2-5-14-25,26-15-6-3-7-16-26)31(35)37-29-21-27-17-18-28(22-29)33(27)19-8-9-20-33;2-1-3/h2-7,13-16,24,27-30H,8-12,17-22H2,1H3;1H,(H,2,3)/q+1;/p-1. The molecule has 2 aromatic carbocycles. The van der Waals surface area contributed by atoms with Crippen LogP contribution in [0.1, 0.15) is 75.8 Å². The van der Waals surface area contributed by atoms with Crippen molar-refractivity contribution in [2.24, 2.45) is 5.92 Å². The summed E-state index contributed by atoms with van der Waals surface area (Å²) < 4.78 is 20.2. The van der Waals surface area contributed by atoms with Gasteiger partial charge in [0.1, 0.15) is 6.10 Å². The Labute approximate surface area is 242 Å². The first-order valence-electron chi connectivity index (χ1n) is 15.0. The summed E-state index contributed by atoms with van der Waals surface area (Å²) in [6.07, 6.45) is 8.83. The van der Waals surface area contributed by atoms with Crippen molar-refractivity contribution >= 4 is 18.4 Å². The Kier molecular flexibility index (Phi) is 9.09. The molecular formula is C33H41NO7. The van der Waals surface area contributed by atoms with Crippen LogP contribution >= 0.6 is 0 Å². The van der Waals surface area contributed by atoms with Crippen molar-refractivity contribution in [3.63, 3.8) is 0 Å². The summed E-state index contributed by atoms with van der Waals surface area (Å²) in [5, 5.41) is 8.25. The molecule has 6 rings (SSSR count). The highest BCUT2D eigenvalue weighted by Crippen LogP contribution is 2.47. The van der Waals surface area contributed by atoms with Crippen molar-refractivity contribution < 1.29 is 38.2 Å². The highest BCUT2D eigenvalue weighted by atomic mass is 16.7. The van der Waals surface area contributed by atoms with Crippen LogP contribution in [0.4, 0.5) is 0 Å². The molecule has 0 aromatic heterocycles. The van der Waals surface area contributed by atoms with Gasteiger partial charge in [-0.05, 0) is 24.0 Å². The second kappa shape index (κ2) is 12.7. The Morgan fingerprint density at radius 3 is 1.83 bits per heavy atom. The quantitative estimate of drug-likeness (QED) is 0.208. The smallest absolute Gasteiger partial charge is 0.348 e. The van der Waals surface area contributed by atoms with Crippen molar-refractivity contribution in [1.82, 2.24) is 0 Å². The highest BCUT2D eigenvalue weighted by Gasteiger charge is 2.57. The fraction of sp³-hybridized carbons (Fsp3) is 0.545. The van der Waals surface area contributed by atoms with Crippen LogP contribution in [0.5, 0.6) is 0 Å². The summed E-state index contributed by atoms with van der Waals surface area (Å²) in [6, 6.07) is 20.3. The Balaban J connectivity index is 0.00000108. The summed E-state index contributed by atoms with van der Waals surface area (Å²) in [4.78, 5) is 34.9. The van der Waals surface area contributed by atoms with Gasteiger partial charge in [0, 0.05) is 57.8 Å². The Hall–Kier alpha value is -3.23. The zero-order valence-electron chi connectivity index (χ0n) is 23.8. The van der Waals surface area contributed by atoms with E-state index in [0.717, 1.165) is 32.1 Å². The Morgan fingerprint density at radius 1 is 0.878 bits per heavy atom. The summed E-state index contributed by atoms with van der Waals surface area (Å²) in [5.41, 5.74) is -0.154. The summed E-state index contributed by atoms with van der Waals surface area (Å²) in [5.74, 6) is -0.761. The molecule has 41 heavy (non-hydrogen) atoms. The number of ether oxygens (including phenoxy) is 3. The van der Waals surface area contributed by atoms with Gasteiger partial charge in [-0.2, -0.15) is 0 Å². The Bertz CT molecular complexity index is 1120. The van der Waals surface area contributed by atoms with E-state index in [0.29, 0.717) is 23.2 Å². The molecule has 3 atom stereocenters. The molecule has 8 nitrogen and oxygen atoms in total. The number of benzene rings is 2. The second-order valence-electron chi connectivity index (χ2n) is 11.9. The van der Waals surface area contributed by atoms with Gasteiger partial charge in [0.15, 0.2) is 0 Å². The average Bonchev–Trinajstić information content (AvgIpc) is 3.48. The lowest BCUT2D eigenvalue weighted by atomic mass is 9.82. The van der Waals surface area contributed by atoms with Gasteiger partial charge in [-0.15, -0.1) is 0 Å². The van der Waals surface area contributed by atoms with E-state index in [4.69, 9.17) is 24.1 Å². The molecule has 0 N–H and O–H groups in total. The van der Waals surface area contributed by atoms with E-state index in [1.807, 2.05) is 60.7 Å². The first kappa shape index (κ1) is 29.3. The molecule has 1 aliphatic carbocycles. The normalized spacial score (nSPS) is 25.3. The molecule has 3 heterocycles. The second-order valence-corrected chi connectivity index (χ2v) is 11.9. The lowest BCUT2D eigenvalue weighted by Gasteiger charge is -2.47. The van der Waals surface area contributed by atoms with Crippen molar-refractivity contribution in [2.75, 3.05) is 13.1 Å². The molecule has 4 aliphatic rings. The molecule has 2 aromatic rings. The third kappa shape index (κ3) is 5.77. The molecule has 3 saturated heterocycles. The van der Waals surface area contributed by atoms with Gasteiger partial charge in [-0.25, -0.2) is 4.79 Å². The number of nitrogens with zero attached hydrogens (tertiary/aromatic N) is 1. The van der Waals surface area contributed by atoms with E-state index in [1.165, 1.54) is 50.2 Å². The maximum Gasteiger partial charge on any atom is 0.348 e. The zero-order valence-corrected chi connectivity index (χ0v) is 23.8. The molecule has 3 aliphatic heterocycles. The van der Waals surface area contributed by atoms with Crippen molar-refractivity contribution in [3.05, 3.63) is 71.8 Å². The monoisotopic (exact) mass is 563 g/mol. The molecule has 8 heteroatoms. The van der Waals surface area contributed by atoms with E-state index in [2.05, 4.69) is 0 Å². The maximum absolute atomic E-state index is 14.5. The SMILES string of the molecule is CC(=O)OC(OC(C(=O)OC1CC2CCC(C1)[N+]21CCCC1)(c1ccccc1)c1ccccc1)C1CCC1.O=C[O-]. The molecule has 1 saturated carbocycles. The predicted octanol–water partition coefficient (Wildman–Crippen LogP) is 3.85. The third-order valence-corrected chi connectivity index (χ3v) is 9.79. The van der Waals surface area contributed by atoms with E-state index < -0.39 is 30.3 Å². The van der Waals surface area contributed by atoms with E-state index in [9.17, 15) is 9.59 Å². The molecule has 2 bridgehead atoms. The van der Waals surface area contributed by atoms with Crippen LogP contribution < -0.4 is 5.11 Å². The molecule has 3 unspecified atom stereocenters. The first-order chi connectivity index (χ1) is 19.9. The predicted molar refractivity (Wildman–Crippen MR) is 149 cm³/mol. The number of carbonyl (C=O) groups is 3. The lowest BCUT2D eigenvalue weighted by Crippen LogP contribution is -2.60. The van der Waals surface area contributed by atoms with Crippen LogP contribution in [0, 0.1) is 5.92 Å². The topological polar surface area (TPSA) is 102 Å². The van der Waals surface area contributed by atoms with Crippen LogP contribution in [-0.2, 0) is 34.2 Å².